The minimum absolute atomic E-state index is 0.174. The zero-order valence-corrected chi connectivity index (χ0v) is 18.2. The summed E-state index contributed by atoms with van der Waals surface area (Å²) in [6, 6.07) is 11.7. The molecule has 0 bridgehead atoms. The normalized spacial score (nSPS) is 15.5. The summed E-state index contributed by atoms with van der Waals surface area (Å²) < 4.78 is 44.4. The summed E-state index contributed by atoms with van der Waals surface area (Å²) in [6.07, 6.45) is 3.78. The number of aromatic amines is 1. The minimum atomic E-state index is -4.76. The van der Waals surface area contributed by atoms with E-state index in [4.69, 9.17) is 9.73 Å². The van der Waals surface area contributed by atoms with Crippen LogP contribution in [0, 0.1) is 13.8 Å². The second-order valence-corrected chi connectivity index (χ2v) is 8.31. The Kier molecular flexibility index (Phi) is 5.57. The van der Waals surface area contributed by atoms with Crippen molar-refractivity contribution in [3.05, 3.63) is 76.6 Å². The molecule has 9 heteroatoms. The lowest BCUT2D eigenvalue weighted by atomic mass is 10.2. The molecule has 3 heterocycles. The molecule has 3 aromatic rings. The van der Waals surface area contributed by atoms with E-state index in [2.05, 4.69) is 15.2 Å². The number of fused-ring (bicyclic) bond motifs is 1. The maximum atomic E-state index is 10.8. The molecule has 31 heavy (non-hydrogen) atoms. The number of hydrogen-bond acceptors (Lipinski definition) is 6. The summed E-state index contributed by atoms with van der Waals surface area (Å²) in [5.74, 6) is 0.622. The zero-order valence-electron chi connectivity index (χ0n) is 17.4. The lowest BCUT2D eigenvalue weighted by Crippen LogP contribution is -2.14. The van der Waals surface area contributed by atoms with Gasteiger partial charge in [0.15, 0.2) is 0 Å². The Morgan fingerprint density at radius 2 is 2.00 bits per heavy atom. The zero-order chi connectivity index (χ0) is 22.2. The van der Waals surface area contributed by atoms with Crippen LogP contribution in [0.25, 0.3) is 17.0 Å². The van der Waals surface area contributed by atoms with Crippen molar-refractivity contribution in [1.29, 1.82) is 0 Å². The van der Waals surface area contributed by atoms with Crippen LogP contribution in [0.5, 0.6) is 0 Å². The van der Waals surface area contributed by atoms with E-state index in [1.54, 1.807) is 7.11 Å². The summed E-state index contributed by atoms with van der Waals surface area (Å²) in [7, 11) is -3.17. The van der Waals surface area contributed by atoms with Crippen LogP contribution in [0.3, 0.4) is 0 Å². The van der Waals surface area contributed by atoms with Gasteiger partial charge < -0.3 is 18.8 Å². The van der Waals surface area contributed by atoms with Crippen LogP contribution in [0.1, 0.15) is 22.6 Å². The molecule has 0 atom stereocenters. The summed E-state index contributed by atoms with van der Waals surface area (Å²) in [6.45, 7) is 3.92. The van der Waals surface area contributed by atoms with Gasteiger partial charge in [-0.15, -0.1) is 0 Å². The average Bonchev–Trinajstić information content (AvgIpc) is 3.36. The largest absolute Gasteiger partial charge is 0.726 e. The lowest BCUT2D eigenvalue weighted by Gasteiger charge is -2.12. The summed E-state index contributed by atoms with van der Waals surface area (Å²) >= 11 is 0. The predicted molar refractivity (Wildman–Crippen MR) is 117 cm³/mol. The topological polar surface area (TPSA) is 109 Å². The van der Waals surface area contributed by atoms with Gasteiger partial charge >= 0.3 is 0 Å². The van der Waals surface area contributed by atoms with Gasteiger partial charge in [0.1, 0.15) is 11.5 Å². The molecule has 4 rings (SSSR count). The van der Waals surface area contributed by atoms with Crippen molar-refractivity contribution < 1.29 is 21.9 Å². The molecule has 0 aliphatic carbocycles. The van der Waals surface area contributed by atoms with Gasteiger partial charge in [0.05, 0.1) is 25.1 Å². The second kappa shape index (κ2) is 8.18. The summed E-state index contributed by atoms with van der Waals surface area (Å²) in [5.41, 5.74) is 6.12. The Bertz CT molecular complexity index is 1340. The number of nitrogens with zero attached hydrogens (tertiary/aromatic N) is 2. The number of H-pyrrole nitrogens is 1. The molecule has 0 saturated heterocycles. The van der Waals surface area contributed by atoms with Crippen LogP contribution >= 0.6 is 0 Å². The van der Waals surface area contributed by atoms with E-state index in [9.17, 15) is 13.0 Å². The molecule has 0 amide bonds. The van der Waals surface area contributed by atoms with Gasteiger partial charge in [-0.2, -0.15) is 0 Å². The second-order valence-electron chi connectivity index (χ2n) is 7.26. The fraction of sp³-hybridized carbons (Fsp3) is 0.227. The SMILES string of the molecule is COC1=CC(c2cc3ccccc3n2CCOS(=O)(=O)[O-])=N/C1=C\c1[nH]c(C)cc1C. The third kappa shape index (κ3) is 4.48. The number of methoxy groups -OCH3 is 1. The van der Waals surface area contributed by atoms with E-state index in [0.717, 1.165) is 33.5 Å². The van der Waals surface area contributed by atoms with Crippen LogP contribution in [0.2, 0.25) is 0 Å². The van der Waals surface area contributed by atoms with Gasteiger partial charge in [0, 0.05) is 34.9 Å². The first-order valence-corrected chi connectivity index (χ1v) is 11.0. The van der Waals surface area contributed by atoms with E-state index in [1.165, 1.54) is 0 Å². The third-order valence-electron chi connectivity index (χ3n) is 5.07. The van der Waals surface area contributed by atoms with Crippen LogP contribution < -0.4 is 0 Å². The maximum absolute atomic E-state index is 10.8. The van der Waals surface area contributed by atoms with Crippen LogP contribution in [-0.4, -0.2) is 41.9 Å². The molecule has 0 radical (unpaired) electrons. The number of nitrogens with one attached hydrogen (secondary N) is 1. The first-order chi connectivity index (χ1) is 14.7. The van der Waals surface area contributed by atoms with Crippen LogP contribution in [-0.2, 0) is 25.9 Å². The standard InChI is InChI=1S/C22H23N3O5S/c1-14-10-15(2)23-17(14)12-19-22(29-3)13-18(24-19)21-11-16-6-4-5-7-20(16)25(21)8-9-30-31(26,27)28/h4-7,10-13,23H,8-9H2,1-3H3,(H,26,27,28)/p-1/b19-12-. The highest BCUT2D eigenvalue weighted by Crippen LogP contribution is 2.29. The number of ether oxygens (including phenoxy) is 1. The minimum Gasteiger partial charge on any atom is -0.726 e. The number of allylic oxidation sites excluding steroid dienone is 1. The number of rotatable bonds is 7. The van der Waals surface area contributed by atoms with E-state index in [0.29, 0.717) is 17.2 Å². The molecular formula is C22H22N3O5S-. The van der Waals surface area contributed by atoms with E-state index < -0.39 is 10.4 Å². The monoisotopic (exact) mass is 440 g/mol. The Hall–Kier alpha value is -3.14. The molecule has 1 N–H and O–H groups in total. The Morgan fingerprint density at radius 3 is 2.68 bits per heavy atom. The van der Waals surface area contributed by atoms with Gasteiger partial charge in [-0.05, 0) is 43.7 Å². The van der Waals surface area contributed by atoms with Crippen molar-refractivity contribution in [3.63, 3.8) is 0 Å². The van der Waals surface area contributed by atoms with Gasteiger partial charge in [-0.3, -0.25) is 4.18 Å². The quantitative estimate of drug-likeness (QED) is 0.447. The number of benzene rings is 1. The number of aromatic nitrogens is 2. The number of para-hydroxylation sites is 1. The highest BCUT2D eigenvalue weighted by atomic mass is 32.3. The summed E-state index contributed by atoms with van der Waals surface area (Å²) in [4.78, 5) is 8.08. The Balaban J connectivity index is 1.76. The number of aryl methyl sites for hydroxylation is 2. The highest BCUT2D eigenvalue weighted by molar-refractivity contribution is 7.80. The fourth-order valence-electron chi connectivity index (χ4n) is 3.74. The van der Waals surface area contributed by atoms with E-state index in [1.807, 2.05) is 60.9 Å². The van der Waals surface area contributed by atoms with E-state index in [-0.39, 0.29) is 13.2 Å². The van der Waals surface area contributed by atoms with Gasteiger partial charge in [0.25, 0.3) is 0 Å². The van der Waals surface area contributed by atoms with Crippen LogP contribution in [0.4, 0.5) is 0 Å². The fourth-order valence-corrected chi connectivity index (χ4v) is 4.02. The van der Waals surface area contributed by atoms with Crippen molar-refractivity contribution in [2.75, 3.05) is 13.7 Å². The highest BCUT2D eigenvalue weighted by Gasteiger charge is 2.21. The summed E-state index contributed by atoms with van der Waals surface area (Å²) in [5, 5.41) is 0.964. The average molecular weight is 441 g/mol. The Labute approximate surface area is 180 Å². The van der Waals surface area contributed by atoms with Gasteiger partial charge in [0.2, 0.25) is 10.4 Å². The first kappa shape index (κ1) is 21.1. The third-order valence-corrected chi connectivity index (χ3v) is 5.52. The molecule has 0 spiro atoms. The molecule has 1 aliphatic heterocycles. The van der Waals surface area contributed by atoms with Crippen LogP contribution in [0.15, 0.2) is 58.9 Å². The molecule has 0 saturated carbocycles. The first-order valence-electron chi connectivity index (χ1n) is 9.67. The van der Waals surface area contributed by atoms with Crippen molar-refractivity contribution in [3.8, 4) is 0 Å². The molecule has 1 aliphatic rings. The van der Waals surface area contributed by atoms with Crippen molar-refractivity contribution >= 4 is 33.1 Å². The molecule has 0 unspecified atom stereocenters. The number of hydrogen-bond donors (Lipinski definition) is 1. The van der Waals surface area contributed by atoms with E-state index >= 15 is 0 Å². The van der Waals surface area contributed by atoms with Crippen molar-refractivity contribution in [1.82, 2.24) is 9.55 Å². The number of aliphatic imine (C=N–C) groups is 1. The lowest BCUT2D eigenvalue weighted by molar-refractivity contribution is 0.252. The molecule has 2 aromatic heterocycles. The molecular weight excluding hydrogens is 418 g/mol. The molecule has 0 fully saturated rings. The van der Waals surface area contributed by atoms with Gasteiger partial charge in [-0.1, -0.05) is 18.2 Å². The van der Waals surface area contributed by atoms with Gasteiger partial charge in [-0.25, -0.2) is 13.4 Å². The smallest absolute Gasteiger partial charge is 0.217 e. The molecule has 1 aromatic carbocycles. The van der Waals surface area contributed by atoms with Crippen molar-refractivity contribution in [2.45, 2.75) is 20.4 Å². The Morgan fingerprint density at radius 1 is 1.23 bits per heavy atom. The molecule has 8 nitrogen and oxygen atoms in total. The molecule has 162 valence electrons. The predicted octanol–water partition coefficient (Wildman–Crippen LogP) is 3.44. The van der Waals surface area contributed by atoms with Crippen molar-refractivity contribution in [2.24, 2.45) is 4.99 Å². The maximum Gasteiger partial charge on any atom is 0.217 e.